The summed E-state index contributed by atoms with van der Waals surface area (Å²) in [5.74, 6) is 1.72. The van der Waals surface area contributed by atoms with Gasteiger partial charge in [0, 0.05) is 29.8 Å². The van der Waals surface area contributed by atoms with E-state index in [0.29, 0.717) is 4.75 Å². The second-order valence-corrected chi connectivity index (χ2v) is 7.77. The van der Waals surface area contributed by atoms with E-state index < -0.39 is 0 Å². The monoisotopic (exact) mass is 355 g/mol. The van der Waals surface area contributed by atoms with E-state index in [1.807, 2.05) is 30.9 Å². The van der Waals surface area contributed by atoms with Crippen LogP contribution in [0.25, 0.3) is 0 Å². The third kappa shape index (κ3) is 5.16. The normalized spacial score (nSPS) is 15.5. The summed E-state index contributed by atoms with van der Waals surface area (Å²) >= 11 is 1.97. The van der Waals surface area contributed by atoms with Crippen molar-refractivity contribution >= 4 is 17.7 Å². The van der Waals surface area contributed by atoms with Crippen LogP contribution in [0.2, 0.25) is 0 Å². The molecule has 1 fully saturated rings. The molecule has 0 bridgehead atoms. The molecule has 1 saturated carbocycles. The summed E-state index contributed by atoms with van der Waals surface area (Å²) in [7, 11) is 3.49. The lowest BCUT2D eigenvalue weighted by Crippen LogP contribution is -2.40. The molecule has 2 aromatic rings. The first-order valence-electron chi connectivity index (χ1n) is 8.54. The zero-order valence-corrected chi connectivity index (χ0v) is 15.6. The molecule has 5 heteroatoms. The van der Waals surface area contributed by atoms with E-state index in [1.165, 1.54) is 23.3 Å². The second-order valence-electron chi connectivity index (χ2n) is 6.23. The van der Waals surface area contributed by atoms with Crippen LogP contribution in [0, 0.1) is 0 Å². The molecule has 2 N–H and O–H groups in total. The van der Waals surface area contributed by atoms with Gasteiger partial charge in [-0.1, -0.05) is 30.3 Å². The van der Waals surface area contributed by atoms with Crippen LogP contribution in [0.3, 0.4) is 0 Å². The van der Waals surface area contributed by atoms with Crippen molar-refractivity contribution in [2.24, 2.45) is 4.99 Å². The van der Waals surface area contributed by atoms with Gasteiger partial charge in [0.05, 0.1) is 7.11 Å². The summed E-state index contributed by atoms with van der Waals surface area (Å²) in [6.07, 6.45) is 2.49. The zero-order chi connectivity index (χ0) is 17.5. The average Bonchev–Trinajstić information content (AvgIpc) is 3.42. The molecule has 0 saturated heterocycles. The Balaban J connectivity index is 1.47. The minimum atomic E-state index is 0.305. The molecule has 0 unspecified atom stereocenters. The van der Waals surface area contributed by atoms with Crippen molar-refractivity contribution in [2.45, 2.75) is 29.0 Å². The molecule has 1 aliphatic rings. The maximum Gasteiger partial charge on any atom is 0.191 e. The van der Waals surface area contributed by atoms with Crippen LogP contribution in [-0.2, 0) is 6.54 Å². The number of rotatable bonds is 7. The van der Waals surface area contributed by atoms with E-state index in [2.05, 4.69) is 58.1 Å². The lowest BCUT2D eigenvalue weighted by molar-refractivity contribution is 0.414. The summed E-state index contributed by atoms with van der Waals surface area (Å²) in [6.45, 7) is 1.66. The molecule has 3 rings (SSSR count). The summed E-state index contributed by atoms with van der Waals surface area (Å²) in [5.41, 5.74) is 1.20. The predicted molar refractivity (Wildman–Crippen MR) is 105 cm³/mol. The number of hydrogen-bond donors (Lipinski definition) is 2. The Kier molecular flexibility index (Phi) is 5.87. The van der Waals surface area contributed by atoms with Crippen LogP contribution in [0.1, 0.15) is 18.4 Å². The number of guanidine groups is 1. The standard InChI is InChI=1S/C20H25N3OS/c1-21-19(22-14-16-8-10-17(24-2)11-9-16)23-15-20(12-13-20)25-18-6-4-3-5-7-18/h3-11H,12-15H2,1-2H3,(H2,21,22,23). The Hall–Kier alpha value is -2.14. The highest BCUT2D eigenvalue weighted by Crippen LogP contribution is 2.51. The van der Waals surface area contributed by atoms with E-state index in [-0.39, 0.29) is 0 Å². The summed E-state index contributed by atoms with van der Waals surface area (Å²) in [5, 5.41) is 6.85. The lowest BCUT2D eigenvalue weighted by atomic mass is 10.2. The fourth-order valence-electron chi connectivity index (χ4n) is 2.59. The van der Waals surface area contributed by atoms with Crippen LogP contribution in [-0.4, -0.2) is 31.4 Å². The highest BCUT2D eigenvalue weighted by molar-refractivity contribution is 8.01. The quantitative estimate of drug-likeness (QED) is 0.587. The van der Waals surface area contributed by atoms with Crippen molar-refractivity contribution in [3.63, 3.8) is 0 Å². The van der Waals surface area contributed by atoms with Gasteiger partial charge in [-0.05, 0) is 42.7 Å². The summed E-state index contributed by atoms with van der Waals surface area (Å²) in [4.78, 5) is 5.67. The molecule has 0 atom stereocenters. The Morgan fingerprint density at radius 3 is 2.40 bits per heavy atom. The Bertz CT molecular complexity index is 697. The Morgan fingerprint density at radius 1 is 1.08 bits per heavy atom. The highest BCUT2D eigenvalue weighted by atomic mass is 32.2. The molecule has 2 aromatic carbocycles. The van der Waals surface area contributed by atoms with Crippen molar-refractivity contribution in [3.8, 4) is 5.75 Å². The van der Waals surface area contributed by atoms with E-state index >= 15 is 0 Å². The third-order valence-electron chi connectivity index (χ3n) is 4.31. The number of ether oxygens (including phenoxy) is 1. The SMILES string of the molecule is CN=C(NCc1ccc(OC)cc1)NCC1(Sc2ccccc2)CC1. The predicted octanol–water partition coefficient (Wildman–Crippen LogP) is 3.69. The van der Waals surface area contributed by atoms with Crippen molar-refractivity contribution in [1.29, 1.82) is 0 Å². The minimum absolute atomic E-state index is 0.305. The second kappa shape index (κ2) is 8.30. The first-order valence-corrected chi connectivity index (χ1v) is 9.36. The number of nitrogens with one attached hydrogen (secondary N) is 2. The van der Waals surface area contributed by atoms with Gasteiger partial charge in [0.1, 0.15) is 5.75 Å². The number of methoxy groups -OCH3 is 1. The van der Waals surface area contributed by atoms with E-state index in [1.54, 1.807) is 7.11 Å². The van der Waals surface area contributed by atoms with E-state index in [4.69, 9.17) is 4.74 Å². The van der Waals surface area contributed by atoms with Gasteiger partial charge >= 0.3 is 0 Å². The number of aliphatic imine (C=N–C) groups is 1. The maximum atomic E-state index is 5.19. The number of thioether (sulfide) groups is 1. The van der Waals surface area contributed by atoms with E-state index in [9.17, 15) is 0 Å². The van der Waals surface area contributed by atoms with Crippen LogP contribution in [0.5, 0.6) is 5.75 Å². The summed E-state index contributed by atoms with van der Waals surface area (Å²) < 4.78 is 5.49. The number of hydrogen-bond acceptors (Lipinski definition) is 3. The molecular formula is C20H25N3OS. The minimum Gasteiger partial charge on any atom is -0.497 e. The van der Waals surface area contributed by atoms with Crippen LogP contribution in [0.4, 0.5) is 0 Å². The van der Waals surface area contributed by atoms with Crippen LogP contribution < -0.4 is 15.4 Å². The van der Waals surface area contributed by atoms with Crippen molar-refractivity contribution in [2.75, 3.05) is 20.7 Å². The molecular weight excluding hydrogens is 330 g/mol. The molecule has 0 heterocycles. The van der Waals surface area contributed by atoms with E-state index in [0.717, 1.165) is 24.8 Å². The molecule has 132 valence electrons. The molecule has 0 aromatic heterocycles. The van der Waals surface area contributed by atoms with Gasteiger partial charge in [-0.25, -0.2) is 0 Å². The first kappa shape index (κ1) is 17.7. The molecule has 0 aliphatic heterocycles. The zero-order valence-electron chi connectivity index (χ0n) is 14.8. The highest BCUT2D eigenvalue weighted by Gasteiger charge is 2.43. The molecule has 1 aliphatic carbocycles. The van der Waals surface area contributed by atoms with Crippen molar-refractivity contribution < 1.29 is 4.74 Å². The molecule has 25 heavy (non-hydrogen) atoms. The lowest BCUT2D eigenvalue weighted by Gasteiger charge is -2.18. The van der Waals surface area contributed by atoms with Crippen molar-refractivity contribution in [1.82, 2.24) is 10.6 Å². The topological polar surface area (TPSA) is 45.7 Å². The number of nitrogens with zero attached hydrogens (tertiary/aromatic N) is 1. The fourth-order valence-corrected chi connectivity index (χ4v) is 3.83. The van der Waals surface area contributed by atoms with Gasteiger partial charge in [-0.2, -0.15) is 0 Å². The van der Waals surface area contributed by atoms with Crippen molar-refractivity contribution in [3.05, 3.63) is 60.2 Å². The first-order chi connectivity index (χ1) is 12.2. The Labute approximate surface area is 154 Å². The van der Waals surface area contributed by atoms with Gasteiger partial charge in [-0.15, -0.1) is 11.8 Å². The molecule has 4 nitrogen and oxygen atoms in total. The van der Waals surface area contributed by atoms with Gasteiger partial charge in [-0.3, -0.25) is 4.99 Å². The average molecular weight is 356 g/mol. The molecule has 0 radical (unpaired) electrons. The summed E-state index contributed by atoms with van der Waals surface area (Å²) in [6, 6.07) is 18.7. The smallest absolute Gasteiger partial charge is 0.191 e. The third-order valence-corrected chi connectivity index (χ3v) is 5.80. The van der Waals surface area contributed by atoms with Crippen LogP contribution >= 0.6 is 11.8 Å². The van der Waals surface area contributed by atoms with Gasteiger partial charge < -0.3 is 15.4 Å². The van der Waals surface area contributed by atoms with Gasteiger partial charge in [0.25, 0.3) is 0 Å². The van der Waals surface area contributed by atoms with Gasteiger partial charge in [0.15, 0.2) is 5.96 Å². The van der Waals surface area contributed by atoms with Crippen LogP contribution in [0.15, 0.2) is 64.5 Å². The Morgan fingerprint density at radius 2 is 1.80 bits per heavy atom. The maximum absolute atomic E-state index is 5.19. The fraction of sp³-hybridized carbons (Fsp3) is 0.350. The molecule has 0 amide bonds. The largest absolute Gasteiger partial charge is 0.497 e. The van der Waals surface area contributed by atoms with Gasteiger partial charge in [0.2, 0.25) is 0 Å². The number of benzene rings is 2. The molecule has 0 spiro atoms.